The van der Waals surface area contributed by atoms with Crippen molar-refractivity contribution < 1.29 is 0 Å². The summed E-state index contributed by atoms with van der Waals surface area (Å²) >= 11 is 76.3. The minimum absolute atomic E-state index is 0.404. The fourth-order valence-electron chi connectivity index (χ4n) is 2.87. The largest absolute Gasteiger partial charge is 0.348 e. The van der Waals surface area contributed by atoms with E-state index < -0.39 is 46.2 Å². The number of hydrogen-bond donors (Lipinski definition) is 0. The van der Waals surface area contributed by atoms with Crippen molar-refractivity contribution in [1.82, 2.24) is 0 Å². The summed E-state index contributed by atoms with van der Waals surface area (Å²) in [4.78, 5) is 0. The molecule has 0 saturated carbocycles. The maximum absolute atomic E-state index is 6.36. The molecule has 0 fully saturated rings. The number of halogens is 12. The molecule has 0 amide bonds. The topological polar surface area (TPSA) is 0 Å². The molecule has 0 heterocycles. The minimum atomic E-state index is -3.18. The standard InChI is InChI=1S/C14H18Cl12Si4/c1-7(27(15,16)17)11-5-13(9(3)29(21,22)23)14(10(4)30(24,25)26)6-12(11)8(2)28(18,19)20/h5-10H,1-4H3. The zero-order chi connectivity index (χ0) is 24.0. The Hall–Kier alpha value is 3.57. The molecule has 0 bridgehead atoms. The van der Waals surface area contributed by atoms with Crippen LogP contribution in [0.4, 0.5) is 0 Å². The van der Waals surface area contributed by atoms with Crippen LogP contribution in [0.2, 0.25) is 0 Å². The zero-order valence-corrected chi connectivity index (χ0v) is 29.1. The van der Waals surface area contributed by atoms with Crippen LogP contribution in [0.3, 0.4) is 0 Å². The van der Waals surface area contributed by atoms with Gasteiger partial charge in [-0.15, -0.1) is 133 Å². The van der Waals surface area contributed by atoms with Crippen LogP contribution in [0.5, 0.6) is 0 Å². The van der Waals surface area contributed by atoms with Gasteiger partial charge in [0.25, 0.3) is 0 Å². The molecule has 0 nitrogen and oxygen atoms in total. The molecule has 4 unspecified atom stereocenters. The highest BCUT2D eigenvalue weighted by molar-refractivity contribution is 7.66. The van der Waals surface area contributed by atoms with Gasteiger partial charge in [0, 0.05) is 22.2 Å². The average molecular weight is 724 g/mol. The van der Waals surface area contributed by atoms with E-state index in [0.717, 1.165) is 22.3 Å². The van der Waals surface area contributed by atoms with Crippen molar-refractivity contribution in [3.8, 4) is 0 Å². The van der Waals surface area contributed by atoms with Crippen LogP contribution in [-0.4, -0.2) is 24.0 Å². The molecule has 0 aromatic heterocycles. The molecular weight excluding hydrogens is 706 g/mol. The zero-order valence-electron chi connectivity index (χ0n) is 16.0. The molecule has 0 aliphatic rings. The highest BCUT2D eigenvalue weighted by Crippen LogP contribution is 2.49. The Bertz CT molecular complexity index is 627. The molecule has 1 aromatic rings. The van der Waals surface area contributed by atoms with Gasteiger partial charge in [0.15, 0.2) is 0 Å². The van der Waals surface area contributed by atoms with E-state index in [1.807, 2.05) is 39.8 Å². The lowest BCUT2D eigenvalue weighted by molar-refractivity contribution is 0.911. The van der Waals surface area contributed by atoms with Crippen LogP contribution in [0.1, 0.15) is 72.1 Å². The van der Waals surface area contributed by atoms with E-state index in [-0.39, 0.29) is 0 Å². The van der Waals surface area contributed by atoms with Gasteiger partial charge in [-0.05, 0) is 22.3 Å². The van der Waals surface area contributed by atoms with Gasteiger partial charge in [-0.25, -0.2) is 0 Å². The Morgan fingerprint density at radius 3 is 0.633 bits per heavy atom. The lowest BCUT2D eigenvalue weighted by Crippen LogP contribution is -2.30. The van der Waals surface area contributed by atoms with E-state index in [1.54, 1.807) is 0 Å². The van der Waals surface area contributed by atoms with Crippen LogP contribution in [0.25, 0.3) is 0 Å². The summed E-state index contributed by atoms with van der Waals surface area (Å²) in [5.74, 6) is 0. The fourth-order valence-corrected chi connectivity index (χ4v) is 9.52. The Morgan fingerprint density at radius 1 is 0.400 bits per heavy atom. The van der Waals surface area contributed by atoms with Gasteiger partial charge in [0.1, 0.15) is 0 Å². The van der Waals surface area contributed by atoms with Crippen molar-refractivity contribution in [2.45, 2.75) is 49.9 Å². The first-order valence-corrected chi connectivity index (χ1v) is 29.0. The first-order valence-electron chi connectivity index (χ1n) is 8.54. The predicted octanol–water partition coefficient (Wildman–Crippen LogP) is 10.9. The van der Waals surface area contributed by atoms with Crippen LogP contribution >= 0.6 is 133 Å². The summed E-state index contributed by atoms with van der Waals surface area (Å²) in [5, 5.41) is 0. The summed E-state index contributed by atoms with van der Waals surface area (Å²) in [6.45, 7) is 7.33. The van der Waals surface area contributed by atoms with Gasteiger partial charge in [0.2, 0.25) is 0 Å². The second kappa shape index (κ2) is 11.3. The Morgan fingerprint density at radius 2 is 0.533 bits per heavy atom. The van der Waals surface area contributed by atoms with Crippen LogP contribution in [-0.2, 0) is 0 Å². The SMILES string of the molecule is CC(c1cc(C(C)[Si](Cl)(Cl)Cl)c(C(C)[Si](Cl)(Cl)Cl)cc1C(C)[Si](Cl)(Cl)Cl)[Si](Cl)(Cl)Cl. The van der Waals surface area contributed by atoms with E-state index >= 15 is 0 Å². The third-order valence-electron chi connectivity index (χ3n) is 5.12. The maximum atomic E-state index is 6.36. The van der Waals surface area contributed by atoms with E-state index in [1.165, 1.54) is 0 Å². The van der Waals surface area contributed by atoms with Crippen molar-refractivity contribution in [3.63, 3.8) is 0 Å². The van der Waals surface area contributed by atoms with Crippen molar-refractivity contribution in [2.24, 2.45) is 0 Å². The van der Waals surface area contributed by atoms with Crippen LogP contribution in [0, 0.1) is 0 Å². The number of benzene rings is 1. The van der Waals surface area contributed by atoms with Crippen molar-refractivity contribution >= 4 is 157 Å². The molecule has 16 heteroatoms. The van der Waals surface area contributed by atoms with Gasteiger partial charge >= 0.3 is 24.0 Å². The van der Waals surface area contributed by atoms with Crippen LogP contribution in [0.15, 0.2) is 12.1 Å². The third kappa shape index (κ3) is 8.31. The molecule has 0 N–H and O–H groups in total. The predicted molar refractivity (Wildman–Crippen MR) is 153 cm³/mol. The molecule has 0 saturated heterocycles. The molecule has 174 valence electrons. The number of hydrogen-bond acceptors (Lipinski definition) is 0. The average Bonchev–Trinajstić information content (AvgIpc) is 2.54. The summed E-state index contributed by atoms with van der Waals surface area (Å²) in [7, 11) is 0. The van der Waals surface area contributed by atoms with E-state index in [9.17, 15) is 0 Å². The van der Waals surface area contributed by atoms with E-state index in [4.69, 9.17) is 133 Å². The van der Waals surface area contributed by atoms with E-state index in [2.05, 4.69) is 0 Å². The van der Waals surface area contributed by atoms with Crippen LogP contribution < -0.4 is 0 Å². The highest BCUT2D eigenvalue weighted by Gasteiger charge is 2.45. The quantitative estimate of drug-likeness (QED) is 0.185. The smallest absolute Gasteiger partial charge is 0.125 e. The van der Waals surface area contributed by atoms with Crippen molar-refractivity contribution in [3.05, 3.63) is 34.4 Å². The monoisotopic (exact) mass is 718 g/mol. The van der Waals surface area contributed by atoms with Crippen molar-refractivity contribution in [1.29, 1.82) is 0 Å². The Kier molecular flexibility index (Phi) is 11.9. The lowest BCUT2D eigenvalue weighted by atomic mass is 9.92. The van der Waals surface area contributed by atoms with Gasteiger partial charge < -0.3 is 0 Å². The molecule has 1 rings (SSSR count). The normalized spacial score (nSPS) is 18.1. The first kappa shape index (κ1) is 31.6. The summed E-state index contributed by atoms with van der Waals surface area (Å²) in [6, 6.07) is -8.94. The Balaban J connectivity index is 4.01. The van der Waals surface area contributed by atoms with Gasteiger partial charge in [0.05, 0.1) is 0 Å². The molecule has 30 heavy (non-hydrogen) atoms. The molecule has 0 aliphatic carbocycles. The minimum Gasteiger partial charge on any atom is -0.125 e. The third-order valence-corrected chi connectivity index (χ3v) is 22.1. The molecular formula is C14H18Cl12Si4. The lowest BCUT2D eigenvalue weighted by Gasteiger charge is -2.32. The molecule has 0 aliphatic heterocycles. The van der Waals surface area contributed by atoms with Gasteiger partial charge in [-0.2, -0.15) is 0 Å². The van der Waals surface area contributed by atoms with E-state index in [0.29, 0.717) is 0 Å². The first-order chi connectivity index (χ1) is 13.1. The summed E-state index contributed by atoms with van der Waals surface area (Å²) < 4.78 is 0. The van der Waals surface area contributed by atoms with Gasteiger partial charge in [-0.3, -0.25) is 0 Å². The molecule has 0 radical (unpaired) electrons. The summed E-state index contributed by atoms with van der Waals surface area (Å²) in [5.41, 5.74) is 1.38. The number of rotatable bonds is 8. The fraction of sp³-hybridized carbons (Fsp3) is 0.571. The second-order valence-electron chi connectivity index (χ2n) is 7.16. The molecule has 0 spiro atoms. The van der Waals surface area contributed by atoms with Gasteiger partial charge in [-0.1, -0.05) is 39.8 Å². The summed E-state index contributed by atoms with van der Waals surface area (Å²) in [6.07, 6.45) is 0. The van der Waals surface area contributed by atoms with Crippen molar-refractivity contribution in [2.75, 3.05) is 0 Å². The molecule has 1 aromatic carbocycles. The second-order valence-corrected chi connectivity index (χ2v) is 43.4. The Labute approximate surface area is 238 Å². The maximum Gasteiger partial charge on any atom is 0.348 e. The molecule has 4 atom stereocenters. The highest BCUT2D eigenvalue weighted by atomic mass is 35.9.